The first-order valence-electron chi connectivity index (χ1n) is 5.06. The number of halogens is 2. The van der Waals surface area contributed by atoms with Gasteiger partial charge in [-0.1, -0.05) is 0 Å². The van der Waals surface area contributed by atoms with E-state index in [4.69, 9.17) is 5.73 Å². The normalized spacial score (nSPS) is 11.5. The molecule has 0 aliphatic rings. The smallest absolute Gasteiger partial charge is 0.281 e. The van der Waals surface area contributed by atoms with Crippen LogP contribution in [0.3, 0.4) is 0 Å². The van der Waals surface area contributed by atoms with Crippen molar-refractivity contribution in [3.8, 4) is 0 Å². The van der Waals surface area contributed by atoms with Gasteiger partial charge in [-0.15, -0.1) is 0 Å². The van der Waals surface area contributed by atoms with Crippen molar-refractivity contribution in [2.24, 2.45) is 7.05 Å². The van der Waals surface area contributed by atoms with Crippen LogP contribution in [0.5, 0.6) is 0 Å². The second-order valence-corrected chi connectivity index (χ2v) is 6.23. The number of aromatic nitrogens is 2. The highest BCUT2D eigenvalue weighted by Gasteiger charge is 2.22. The molecule has 6 nitrogen and oxygen atoms in total. The molecule has 9 heteroatoms. The fourth-order valence-electron chi connectivity index (χ4n) is 1.53. The maximum atomic E-state index is 13.3. The fourth-order valence-corrected chi connectivity index (χ4v) is 3.06. The van der Waals surface area contributed by atoms with Crippen molar-refractivity contribution in [3.63, 3.8) is 0 Å². The molecule has 3 N–H and O–H groups in total. The fraction of sp³-hybridized carbons (Fsp3) is 0.100. The van der Waals surface area contributed by atoms with E-state index in [2.05, 4.69) is 25.6 Å². The predicted molar refractivity (Wildman–Crippen MR) is 72.5 cm³/mol. The van der Waals surface area contributed by atoms with Crippen LogP contribution >= 0.6 is 15.9 Å². The van der Waals surface area contributed by atoms with E-state index in [1.807, 2.05) is 0 Å². The van der Waals surface area contributed by atoms with Crippen LogP contribution in [-0.2, 0) is 17.1 Å². The molecule has 2 rings (SSSR count). The molecule has 0 bridgehead atoms. The van der Waals surface area contributed by atoms with Crippen LogP contribution in [0.1, 0.15) is 0 Å². The van der Waals surface area contributed by atoms with Crippen molar-refractivity contribution in [1.82, 2.24) is 9.55 Å². The van der Waals surface area contributed by atoms with Gasteiger partial charge in [-0.05, 0) is 34.1 Å². The van der Waals surface area contributed by atoms with E-state index in [1.165, 1.54) is 30.1 Å². The highest BCUT2D eigenvalue weighted by atomic mass is 79.9. The van der Waals surface area contributed by atoms with Crippen molar-refractivity contribution in [2.75, 3.05) is 10.5 Å². The Kier molecular flexibility index (Phi) is 3.50. The summed E-state index contributed by atoms with van der Waals surface area (Å²) in [6, 6.07) is 3.89. The Morgan fingerprint density at radius 2 is 2.16 bits per heavy atom. The van der Waals surface area contributed by atoms with Crippen LogP contribution in [-0.4, -0.2) is 18.0 Å². The van der Waals surface area contributed by atoms with Crippen LogP contribution in [0.15, 0.2) is 34.0 Å². The van der Waals surface area contributed by atoms with Gasteiger partial charge >= 0.3 is 0 Å². The van der Waals surface area contributed by atoms with Crippen molar-refractivity contribution >= 4 is 37.5 Å². The van der Waals surface area contributed by atoms with Crippen LogP contribution in [0.2, 0.25) is 0 Å². The number of benzene rings is 1. The van der Waals surface area contributed by atoms with Gasteiger partial charge in [0.2, 0.25) is 0 Å². The molecule has 1 aromatic heterocycles. The Hall–Kier alpha value is -1.61. The molecule has 0 amide bonds. The standard InChI is InChI=1S/C10H10BrFN4O2S/c1-16-5-14-9(13)10(16)19(17,18)15-6-2-3-7(11)8(12)4-6/h2-5,15H,13H2,1H3. The number of imidazole rings is 1. The van der Waals surface area contributed by atoms with Crippen LogP contribution < -0.4 is 10.5 Å². The molecule has 0 spiro atoms. The number of anilines is 2. The zero-order valence-corrected chi connectivity index (χ0v) is 12.2. The zero-order chi connectivity index (χ0) is 14.2. The summed E-state index contributed by atoms with van der Waals surface area (Å²) in [6.07, 6.45) is 1.28. The lowest BCUT2D eigenvalue weighted by Gasteiger charge is -2.09. The van der Waals surface area contributed by atoms with Gasteiger partial charge < -0.3 is 10.3 Å². The average Bonchev–Trinajstić information content (AvgIpc) is 2.64. The van der Waals surface area contributed by atoms with Gasteiger partial charge in [-0.3, -0.25) is 4.72 Å². The molecule has 0 fully saturated rings. The maximum absolute atomic E-state index is 13.3. The van der Waals surface area contributed by atoms with Gasteiger partial charge in [0, 0.05) is 7.05 Å². The summed E-state index contributed by atoms with van der Waals surface area (Å²) in [6.45, 7) is 0. The molecule has 0 unspecified atom stereocenters. The third kappa shape index (κ3) is 2.71. The summed E-state index contributed by atoms with van der Waals surface area (Å²) in [5.74, 6) is -0.689. The van der Waals surface area contributed by atoms with E-state index in [0.717, 1.165) is 6.07 Å². The van der Waals surface area contributed by atoms with Crippen LogP contribution in [0.4, 0.5) is 15.9 Å². The van der Waals surface area contributed by atoms with Crippen LogP contribution in [0.25, 0.3) is 0 Å². The Bertz CT molecular complexity index is 710. The van der Waals surface area contributed by atoms with Gasteiger partial charge in [0.15, 0.2) is 10.8 Å². The lowest BCUT2D eigenvalue weighted by atomic mass is 10.3. The van der Waals surface area contributed by atoms with Crippen molar-refractivity contribution in [3.05, 3.63) is 34.8 Å². The predicted octanol–water partition coefficient (Wildman–Crippen LogP) is 1.70. The quantitative estimate of drug-likeness (QED) is 0.883. The van der Waals surface area contributed by atoms with E-state index >= 15 is 0 Å². The van der Waals surface area contributed by atoms with Crippen molar-refractivity contribution in [2.45, 2.75) is 5.03 Å². The minimum absolute atomic E-state index is 0.0984. The summed E-state index contributed by atoms with van der Waals surface area (Å²) >= 11 is 2.98. The minimum Gasteiger partial charge on any atom is -0.381 e. The first-order valence-corrected chi connectivity index (χ1v) is 7.33. The number of nitrogen functional groups attached to an aromatic ring is 1. The maximum Gasteiger partial charge on any atom is 0.281 e. The molecule has 19 heavy (non-hydrogen) atoms. The Morgan fingerprint density at radius 3 is 2.68 bits per heavy atom. The molecule has 0 saturated carbocycles. The monoisotopic (exact) mass is 348 g/mol. The van der Waals surface area contributed by atoms with E-state index < -0.39 is 15.8 Å². The molecule has 0 saturated heterocycles. The molecule has 1 heterocycles. The summed E-state index contributed by atoms with van der Waals surface area (Å²) in [7, 11) is -2.42. The van der Waals surface area contributed by atoms with E-state index in [0.29, 0.717) is 0 Å². The highest BCUT2D eigenvalue weighted by Crippen LogP contribution is 2.23. The molecule has 102 valence electrons. The number of hydrogen-bond donors (Lipinski definition) is 2. The molecular formula is C10H10BrFN4O2S. The largest absolute Gasteiger partial charge is 0.381 e. The molecular weight excluding hydrogens is 339 g/mol. The van der Waals surface area contributed by atoms with Crippen LogP contribution in [0, 0.1) is 5.82 Å². The van der Waals surface area contributed by atoms with Crippen molar-refractivity contribution < 1.29 is 12.8 Å². The topological polar surface area (TPSA) is 90.0 Å². The lowest BCUT2D eigenvalue weighted by Crippen LogP contribution is -2.17. The number of hydrogen-bond acceptors (Lipinski definition) is 4. The van der Waals surface area contributed by atoms with Gasteiger partial charge in [-0.2, -0.15) is 8.42 Å². The molecule has 0 radical (unpaired) electrons. The van der Waals surface area contributed by atoms with E-state index in [-0.39, 0.29) is 21.0 Å². The molecule has 0 atom stereocenters. The van der Waals surface area contributed by atoms with Crippen molar-refractivity contribution in [1.29, 1.82) is 0 Å². The number of sulfonamides is 1. The summed E-state index contributed by atoms with van der Waals surface area (Å²) in [4.78, 5) is 3.70. The van der Waals surface area contributed by atoms with E-state index in [1.54, 1.807) is 0 Å². The minimum atomic E-state index is -3.92. The second-order valence-electron chi connectivity index (χ2n) is 3.78. The molecule has 0 aliphatic carbocycles. The van der Waals surface area contributed by atoms with Gasteiger partial charge in [0.25, 0.3) is 10.0 Å². The van der Waals surface area contributed by atoms with Gasteiger partial charge in [0.1, 0.15) is 5.82 Å². The Balaban J connectivity index is 2.39. The zero-order valence-electron chi connectivity index (χ0n) is 9.76. The number of aryl methyl sites for hydroxylation is 1. The van der Waals surface area contributed by atoms with E-state index in [9.17, 15) is 12.8 Å². The van der Waals surface area contributed by atoms with Gasteiger partial charge in [-0.25, -0.2) is 9.37 Å². The third-order valence-electron chi connectivity index (χ3n) is 2.34. The summed E-state index contributed by atoms with van der Waals surface area (Å²) in [5.41, 5.74) is 5.60. The Morgan fingerprint density at radius 1 is 1.47 bits per heavy atom. The first kappa shape index (κ1) is 13.8. The van der Waals surface area contributed by atoms with Gasteiger partial charge in [0.05, 0.1) is 16.5 Å². The lowest BCUT2D eigenvalue weighted by molar-refractivity contribution is 0.591. The number of nitrogens with two attached hydrogens (primary N) is 1. The SMILES string of the molecule is Cn1cnc(N)c1S(=O)(=O)Nc1ccc(Br)c(F)c1. The number of nitrogens with one attached hydrogen (secondary N) is 1. The Labute approximate surface area is 117 Å². The summed E-state index contributed by atoms with van der Waals surface area (Å²) < 4.78 is 41.3. The second kappa shape index (κ2) is 4.82. The third-order valence-corrected chi connectivity index (χ3v) is 4.49. The number of rotatable bonds is 3. The summed E-state index contributed by atoms with van der Waals surface area (Å²) in [5, 5.41) is -0.171. The average molecular weight is 349 g/mol. The molecule has 2 aromatic rings. The number of nitrogens with zero attached hydrogens (tertiary/aromatic N) is 2. The molecule has 0 aliphatic heterocycles. The highest BCUT2D eigenvalue weighted by molar-refractivity contribution is 9.10. The first-order chi connectivity index (χ1) is 8.81. The molecule has 1 aromatic carbocycles.